The van der Waals surface area contributed by atoms with Crippen LogP contribution in [0, 0.1) is 0 Å². The van der Waals surface area contributed by atoms with Gasteiger partial charge in [-0.1, -0.05) is 36.0 Å². The van der Waals surface area contributed by atoms with Crippen LogP contribution >= 0.6 is 11.8 Å². The Hall–Kier alpha value is -2.27. The van der Waals surface area contributed by atoms with E-state index in [2.05, 4.69) is 68.8 Å². The topological polar surface area (TPSA) is 44.8 Å². The fourth-order valence-corrected chi connectivity index (χ4v) is 3.80. The smallest absolute Gasteiger partial charge is 0.143 e. The first kappa shape index (κ1) is 15.3. The summed E-state index contributed by atoms with van der Waals surface area (Å²) >= 11 is 1.61. The van der Waals surface area contributed by atoms with Crippen LogP contribution in [0.5, 0.6) is 0 Å². The standard InChI is InChI=1S/C19H20N4S/c1-2-12-23(13-3-1)17-8-4-15(5-9-17)16-6-10-18(11-7-16)24-19-14-20-22-21-19/h4-11,14H,1-3,12-13H2,(H,20,21,22). The zero-order valence-corrected chi connectivity index (χ0v) is 14.3. The minimum Gasteiger partial charge on any atom is -0.372 e. The molecule has 0 aliphatic carbocycles. The van der Waals surface area contributed by atoms with E-state index in [1.807, 2.05) is 0 Å². The van der Waals surface area contributed by atoms with Gasteiger partial charge in [-0.3, -0.25) is 0 Å². The second kappa shape index (κ2) is 7.09. The number of rotatable bonds is 4. The summed E-state index contributed by atoms with van der Waals surface area (Å²) in [4.78, 5) is 3.66. The minimum absolute atomic E-state index is 0.883. The second-order valence-corrected chi connectivity index (χ2v) is 7.12. The molecule has 0 amide bonds. The fourth-order valence-electron chi connectivity index (χ4n) is 3.09. The number of nitrogens with zero attached hydrogens (tertiary/aromatic N) is 3. The maximum absolute atomic E-state index is 4.07. The highest BCUT2D eigenvalue weighted by atomic mass is 32.2. The maximum atomic E-state index is 4.07. The number of nitrogens with one attached hydrogen (secondary N) is 1. The van der Waals surface area contributed by atoms with Crippen molar-refractivity contribution in [2.24, 2.45) is 0 Å². The third-order valence-corrected chi connectivity index (χ3v) is 5.31. The first-order chi connectivity index (χ1) is 11.9. The molecule has 1 fully saturated rings. The van der Waals surface area contributed by atoms with Crippen molar-refractivity contribution >= 4 is 17.4 Å². The molecule has 1 aromatic heterocycles. The van der Waals surface area contributed by atoms with Gasteiger partial charge in [0.1, 0.15) is 5.03 Å². The van der Waals surface area contributed by atoms with Crippen molar-refractivity contribution < 1.29 is 0 Å². The zero-order chi connectivity index (χ0) is 16.2. The van der Waals surface area contributed by atoms with Crippen LogP contribution < -0.4 is 4.90 Å². The molecule has 2 heterocycles. The van der Waals surface area contributed by atoms with Crippen LogP contribution in [-0.2, 0) is 0 Å². The highest BCUT2D eigenvalue weighted by Gasteiger charge is 2.10. The lowest BCUT2D eigenvalue weighted by atomic mass is 10.0. The summed E-state index contributed by atoms with van der Waals surface area (Å²) in [7, 11) is 0. The Balaban J connectivity index is 1.47. The van der Waals surface area contributed by atoms with Crippen molar-refractivity contribution in [1.29, 1.82) is 0 Å². The van der Waals surface area contributed by atoms with Crippen LogP contribution in [0.3, 0.4) is 0 Å². The van der Waals surface area contributed by atoms with E-state index < -0.39 is 0 Å². The summed E-state index contributed by atoms with van der Waals surface area (Å²) in [5.74, 6) is 0. The van der Waals surface area contributed by atoms with E-state index in [0.29, 0.717) is 0 Å². The number of benzene rings is 2. The highest BCUT2D eigenvalue weighted by Crippen LogP contribution is 2.29. The van der Waals surface area contributed by atoms with E-state index in [-0.39, 0.29) is 0 Å². The number of hydrogen-bond acceptors (Lipinski definition) is 4. The van der Waals surface area contributed by atoms with E-state index in [9.17, 15) is 0 Å². The lowest BCUT2D eigenvalue weighted by Crippen LogP contribution is -2.29. The van der Waals surface area contributed by atoms with Gasteiger partial charge in [0.05, 0.1) is 6.20 Å². The van der Waals surface area contributed by atoms with Gasteiger partial charge in [0.2, 0.25) is 0 Å². The van der Waals surface area contributed by atoms with Crippen molar-refractivity contribution in [3.8, 4) is 11.1 Å². The van der Waals surface area contributed by atoms with Gasteiger partial charge < -0.3 is 4.90 Å². The largest absolute Gasteiger partial charge is 0.372 e. The first-order valence-corrected chi connectivity index (χ1v) is 9.19. The van der Waals surface area contributed by atoms with Crippen molar-refractivity contribution in [2.75, 3.05) is 18.0 Å². The highest BCUT2D eigenvalue weighted by molar-refractivity contribution is 7.99. The van der Waals surface area contributed by atoms with Gasteiger partial charge in [0.25, 0.3) is 0 Å². The summed E-state index contributed by atoms with van der Waals surface area (Å²) in [6, 6.07) is 17.5. The Morgan fingerprint density at radius 2 is 1.50 bits per heavy atom. The maximum Gasteiger partial charge on any atom is 0.143 e. The molecule has 0 unspecified atom stereocenters. The molecule has 0 atom stereocenters. The van der Waals surface area contributed by atoms with Crippen LogP contribution in [-0.4, -0.2) is 28.5 Å². The summed E-state index contributed by atoms with van der Waals surface area (Å²) < 4.78 is 0. The number of piperidine rings is 1. The quantitative estimate of drug-likeness (QED) is 0.755. The van der Waals surface area contributed by atoms with E-state index in [4.69, 9.17) is 0 Å². The molecule has 1 aliphatic heterocycles. The molecule has 24 heavy (non-hydrogen) atoms. The van der Waals surface area contributed by atoms with Crippen LogP contribution in [0.2, 0.25) is 0 Å². The van der Waals surface area contributed by atoms with Crippen molar-refractivity contribution in [2.45, 2.75) is 29.2 Å². The normalized spacial score (nSPS) is 14.8. The summed E-state index contributed by atoms with van der Waals surface area (Å²) in [6.45, 7) is 2.38. The van der Waals surface area contributed by atoms with Crippen LogP contribution in [0.1, 0.15) is 19.3 Å². The minimum atomic E-state index is 0.883. The van der Waals surface area contributed by atoms with Gasteiger partial charge >= 0.3 is 0 Å². The van der Waals surface area contributed by atoms with Gasteiger partial charge in [-0.25, -0.2) is 0 Å². The average molecular weight is 336 g/mol. The van der Waals surface area contributed by atoms with E-state index in [0.717, 1.165) is 9.92 Å². The van der Waals surface area contributed by atoms with Gasteiger partial charge in [0.15, 0.2) is 0 Å². The molecule has 0 bridgehead atoms. The number of hydrogen-bond donors (Lipinski definition) is 1. The summed E-state index contributed by atoms with van der Waals surface area (Å²) in [6.07, 6.45) is 5.73. The van der Waals surface area contributed by atoms with Crippen LogP contribution in [0.4, 0.5) is 5.69 Å². The predicted octanol–water partition coefficient (Wildman–Crippen LogP) is 4.61. The van der Waals surface area contributed by atoms with Gasteiger partial charge in [-0.05, 0) is 54.7 Å². The molecule has 2 aromatic carbocycles. The summed E-state index contributed by atoms with van der Waals surface area (Å²) in [5, 5.41) is 11.4. The molecule has 4 rings (SSSR count). The van der Waals surface area contributed by atoms with E-state index in [1.54, 1.807) is 18.0 Å². The fraction of sp³-hybridized carbons (Fsp3) is 0.263. The molecular weight excluding hydrogens is 316 g/mol. The monoisotopic (exact) mass is 336 g/mol. The molecule has 0 saturated carbocycles. The summed E-state index contributed by atoms with van der Waals surface area (Å²) in [5.41, 5.74) is 3.84. The predicted molar refractivity (Wildman–Crippen MR) is 98.4 cm³/mol. The van der Waals surface area contributed by atoms with Gasteiger partial charge in [-0.15, -0.1) is 5.10 Å². The number of aromatic nitrogens is 3. The van der Waals surface area contributed by atoms with Crippen LogP contribution in [0.25, 0.3) is 11.1 Å². The Morgan fingerprint density at radius 3 is 2.12 bits per heavy atom. The molecule has 3 aromatic rings. The Labute approximate surface area is 146 Å². The van der Waals surface area contributed by atoms with Crippen LogP contribution in [0.15, 0.2) is 64.6 Å². The van der Waals surface area contributed by atoms with E-state index in [1.165, 1.54) is 49.2 Å². The third-order valence-electron chi connectivity index (χ3n) is 4.39. The molecule has 1 saturated heterocycles. The number of aromatic amines is 1. The Morgan fingerprint density at radius 1 is 0.833 bits per heavy atom. The molecular formula is C19H20N4S. The molecule has 0 spiro atoms. The van der Waals surface area contributed by atoms with Gasteiger partial charge in [-0.2, -0.15) is 10.3 Å². The molecule has 122 valence electrons. The Bertz CT molecular complexity index is 760. The molecule has 4 nitrogen and oxygen atoms in total. The van der Waals surface area contributed by atoms with E-state index >= 15 is 0 Å². The molecule has 1 N–H and O–H groups in total. The van der Waals surface area contributed by atoms with Crippen molar-refractivity contribution in [1.82, 2.24) is 15.4 Å². The molecule has 0 radical (unpaired) electrons. The lowest BCUT2D eigenvalue weighted by molar-refractivity contribution is 0.578. The third kappa shape index (κ3) is 3.46. The van der Waals surface area contributed by atoms with Crippen molar-refractivity contribution in [3.05, 3.63) is 54.7 Å². The van der Waals surface area contributed by atoms with Gasteiger partial charge in [0, 0.05) is 23.7 Å². The average Bonchev–Trinajstić information content (AvgIpc) is 3.16. The lowest BCUT2D eigenvalue weighted by Gasteiger charge is -2.28. The first-order valence-electron chi connectivity index (χ1n) is 8.37. The molecule has 1 aliphatic rings. The zero-order valence-electron chi connectivity index (χ0n) is 13.5. The van der Waals surface area contributed by atoms with Crippen molar-refractivity contribution in [3.63, 3.8) is 0 Å². The second-order valence-electron chi connectivity index (χ2n) is 6.03. The SMILES string of the molecule is c1cc(-c2ccc(N3CCCCC3)cc2)ccc1Sc1cn[nH]n1. The molecule has 5 heteroatoms. The Kier molecular flexibility index (Phi) is 4.51. The number of H-pyrrole nitrogens is 1. The number of anilines is 1.